The van der Waals surface area contributed by atoms with E-state index in [0.29, 0.717) is 18.7 Å². The second-order valence-electron chi connectivity index (χ2n) is 8.58. The first kappa shape index (κ1) is 19.1. The van der Waals surface area contributed by atoms with Crippen LogP contribution in [0.5, 0.6) is 5.75 Å². The molecule has 30 heavy (non-hydrogen) atoms. The lowest BCUT2D eigenvalue weighted by Gasteiger charge is -2.39. The number of fused-ring (bicyclic) bond motifs is 3. The summed E-state index contributed by atoms with van der Waals surface area (Å²) in [5, 5.41) is 9.32. The number of aliphatic hydroxyl groups is 1. The molecule has 5 rings (SSSR count). The molecule has 0 bridgehead atoms. The van der Waals surface area contributed by atoms with Crippen LogP contribution < -0.4 is 4.74 Å². The number of imidazole rings is 1. The Hall–Kier alpha value is -2.86. The molecule has 3 heterocycles. The lowest BCUT2D eigenvalue weighted by Crippen LogP contribution is -2.51. The Morgan fingerprint density at radius 3 is 2.77 bits per heavy atom. The molecular formula is C24H27N3O3. The molecule has 0 spiro atoms. The summed E-state index contributed by atoms with van der Waals surface area (Å²) in [4.78, 5) is 19.9. The number of carbonyl (C=O) groups is 1. The van der Waals surface area contributed by atoms with Crippen LogP contribution in [0.15, 0.2) is 30.3 Å². The van der Waals surface area contributed by atoms with Gasteiger partial charge in [-0.25, -0.2) is 4.98 Å². The Labute approximate surface area is 176 Å². The Morgan fingerprint density at radius 1 is 1.27 bits per heavy atom. The molecule has 3 aromatic rings. The molecular weight excluding hydrogens is 378 g/mol. The maximum atomic E-state index is 13.3. The number of aliphatic hydroxyl groups excluding tert-OH is 1. The topological polar surface area (TPSA) is 67.6 Å². The molecule has 1 amide bonds. The molecule has 1 aromatic heterocycles. The molecule has 156 valence electrons. The maximum Gasteiger partial charge on any atom is 0.254 e. The highest BCUT2D eigenvalue weighted by atomic mass is 16.5. The van der Waals surface area contributed by atoms with Gasteiger partial charge in [-0.05, 0) is 43.9 Å². The zero-order chi connectivity index (χ0) is 21.0. The summed E-state index contributed by atoms with van der Waals surface area (Å²) < 4.78 is 8.57. The van der Waals surface area contributed by atoms with Crippen molar-refractivity contribution in [3.05, 3.63) is 58.4 Å². The van der Waals surface area contributed by atoms with Crippen LogP contribution in [0.2, 0.25) is 0 Å². The normalized spacial score (nSPS) is 18.8. The Balaban J connectivity index is 1.60. The average Bonchev–Trinajstić information content (AvgIpc) is 3.01. The van der Waals surface area contributed by atoms with Gasteiger partial charge in [-0.15, -0.1) is 0 Å². The first-order chi connectivity index (χ1) is 14.5. The van der Waals surface area contributed by atoms with Crippen LogP contribution in [-0.4, -0.2) is 45.2 Å². The molecule has 2 aliphatic heterocycles. The Morgan fingerprint density at radius 2 is 2.03 bits per heavy atom. The molecule has 0 unspecified atom stereocenters. The number of benzene rings is 2. The minimum Gasteiger partial charge on any atom is -0.483 e. The van der Waals surface area contributed by atoms with E-state index in [1.807, 2.05) is 41.6 Å². The molecule has 1 saturated heterocycles. The minimum absolute atomic E-state index is 0.0228. The van der Waals surface area contributed by atoms with E-state index in [2.05, 4.69) is 19.1 Å². The fourth-order valence-corrected chi connectivity index (χ4v) is 4.68. The smallest absolute Gasteiger partial charge is 0.254 e. The van der Waals surface area contributed by atoms with Crippen LogP contribution in [-0.2, 0) is 13.5 Å². The molecule has 1 fully saturated rings. The zero-order valence-electron chi connectivity index (χ0n) is 17.7. The molecule has 6 heteroatoms. The van der Waals surface area contributed by atoms with Crippen LogP contribution in [0.25, 0.3) is 11.0 Å². The van der Waals surface area contributed by atoms with Gasteiger partial charge >= 0.3 is 0 Å². The van der Waals surface area contributed by atoms with Crippen molar-refractivity contribution < 1.29 is 14.6 Å². The number of aromatic nitrogens is 2. The van der Waals surface area contributed by atoms with Crippen LogP contribution in [0.4, 0.5) is 0 Å². The van der Waals surface area contributed by atoms with Gasteiger partial charge in [-0.1, -0.05) is 24.3 Å². The number of hydrogen-bond donors (Lipinski definition) is 1. The number of hydrogen-bond acceptors (Lipinski definition) is 4. The lowest BCUT2D eigenvalue weighted by atomic mass is 9.90. The van der Waals surface area contributed by atoms with Crippen LogP contribution >= 0.6 is 0 Å². The lowest BCUT2D eigenvalue weighted by molar-refractivity contribution is 0.0359. The monoisotopic (exact) mass is 405 g/mol. The summed E-state index contributed by atoms with van der Waals surface area (Å²) >= 11 is 0. The number of aryl methyl sites for hydroxylation is 3. The summed E-state index contributed by atoms with van der Waals surface area (Å²) in [5.41, 5.74) is 5.82. The van der Waals surface area contributed by atoms with Crippen molar-refractivity contribution in [3.8, 4) is 5.75 Å². The van der Waals surface area contributed by atoms with E-state index in [1.54, 1.807) is 0 Å². The molecule has 6 nitrogen and oxygen atoms in total. The van der Waals surface area contributed by atoms with E-state index in [1.165, 1.54) is 11.1 Å². The van der Waals surface area contributed by atoms with E-state index in [-0.39, 0.29) is 24.5 Å². The standard InChI is InChI=1S/C24H27N3O3/c1-14-6-4-5-7-17(14)21-9-8-18-19(24(29)27-11-16(12-27)13-28)10-20-22(23(18)30-21)25-15(2)26(20)3/h4-7,10,16,21,28H,8-9,11-13H2,1-3H3/t21-/m0/s1. The quantitative estimate of drug-likeness (QED) is 0.726. The minimum atomic E-state index is -0.0441. The van der Waals surface area contributed by atoms with Gasteiger partial charge < -0.3 is 19.3 Å². The molecule has 0 aliphatic carbocycles. The van der Waals surface area contributed by atoms with Gasteiger partial charge in [0.1, 0.15) is 17.4 Å². The summed E-state index contributed by atoms with van der Waals surface area (Å²) in [6.45, 7) is 5.43. The fourth-order valence-electron chi connectivity index (χ4n) is 4.68. The third-order valence-electron chi connectivity index (χ3n) is 6.64. The third kappa shape index (κ3) is 2.89. The molecule has 2 aromatic carbocycles. The summed E-state index contributed by atoms with van der Waals surface area (Å²) in [6, 6.07) is 10.3. The second kappa shape index (κ2) is 7.13. The van der Waals surface area contributed by atoms with Gasteiger partial charge in [0.15, 0.2) is 5.75 Å². The molecule has 2 aliphatic rings. The summed E-state index contributed by atoms with van der Waals surface area (Å²) in [5.74, 6) is 1.85. The number of rotatable bonds is 3. The highest BCUT2D eigenvalue weighted by Crippen LogP contribution is 2.42. The van der Waals surface area contributed by atoms with Crippen molar-refractivity contribution in [1.82, 2.24) is 14.5 Å². The van der Waals surface area contributed by atoms with Crippen LogP contribution in [0.3, 0.4) is 0 Å². The van der Waals surface area contributed by atoms with Crippen molar-refractivity contribution in [2.45, 2.75) is 32.8 Å². The van der Waals surface area contributed by atoms with Crippen molar-refractivity contribution >= 4 is 16.9 Å². The van der Waals surface area contributed by atoms with Gasteiger partial charge in [-0.2, -0.15) is 0 Å². The summed E-state index contributed by atoms with van der Waals surface area (Å²) in [6.07, 6.45) is 1.56. The first-order valence-electron chi connectivity index (χ1n) is 10.6. The van der Waals surface area contributed by atoms with Crippen molar-refractivity contribution in [1.29, 1.82) is 0 Å². The van der Waals surface area contributed by atoms with E-state index in [9.17, 15) is 9.90 Å². The van der Waals surface area contributed by atoms with Gasteiger partial charge in [0.25, 0.3) is 5.91 Å². The molecule has 1 atom stereocenters. The van der Waals surface area contributed by atoms with Crippen molar-refractivity contribution in [3.63, 3.8) is 0 Å². The van der Waals surface area contributed by atoms with Crippen molar-refractivity contribution in [2.24, 2.45) is 13.0 Å². The predicted octanol–water partition coefficient (Wildman–Crippen LogP) is 3.32. The van der Waals surface area contributed by atoms with E-state index in [0.717, 1.165) is 41.0 Å². The Bertz CT molecular complexity index is 1140. The SMILES string of the molecule is Cc1ccccc1[C@@H]1CCc2c(C(=O)N3CC(CO)C3)cc3c(nc(C)n3C)c2O1. The Kier molecular flexibility index (Phi) is 4.54. The molecule has 1 N–H and O–H groups in total. The first-order valence-corrected chi connectivity index (χ1v) is 10.6. The van der Waals surface area contributed by atoms with E-state index in [4.69, 9.17) is 9.72 Å². The number of likely N-dealkylation sites (tertiary alicyclic amines) is 1. The summed E-state index contributed by atoms with van der Waals surface area (Å²) in [7, 11) is 1.97. The van der Waals surface area contributed by atoms with Gasteiger partial charge in [0, 0.05) is 43.8 Å². The van der Waals surface area contributed by atoms with Gasteiger partial charge in [-0.3, -0.25) is 4.79 Å². The van der Waals surface area contributed by atoms with Crippen LogP contribution in [0.1, 0.15) is 45.4 Å². The highest BCUT2D eigenvalue weighted by molar-refractivity contribution is 6.02. The van der Waals surface area contributed by atoms with E-state index >= 15 is 0 Å². The predicted molar refractivity (Wildman–Crippen MR) is 115 cm³/mol. The third-order valence-corrected chi connectivity index (χ3v) is 6.64. The van der Waals surface area contributed by atoms with Crippen LogP contribution in [0, 0.1) is 19.8 Å². The van der Waals surface area contributed by atoms with Crippen molar-refractivity contribution in [2.75, 3.05) is 19.7 Å². The highest BCUT2D eigenvalue weighted by Gasteiger charge is 2.35. The number of carbonyl (C=O) groups excluding carboxylic acids is 1. The second-order valence-corrected chi connectivity index (χ2v) is 8.58. The average molecular weight is 405 g/mol. The van der Waals surface area contributed by atoms with Gasteiger partial charge in [0.2, 0.25) is 0 Å². The number of nitrogens with zero attached hydrogens (tertiary/aromatic N) is 3. The van der Waals surface area contributed by atoms with E-state index < -0.39 is 0 Å². The number of ether oxygens (including phenoxy) is 1. The number of amides is 1. The largest absolute Gasteiger partial charge is 0.483 e. The molecule has 0 radical (unpaired) electrons. The fraction of sp³-hybridized carbons (Fsp3) is 0.417. The van der Waals surface area contributed by atoms with Gasteiger partial charge in [0.05, 0.1) is 5.52 Å². The zero-order valence-corrected chi connectivity index (χ0v) is 17.7. The maximum absolute atomic E-state index is 13.3. The molecule has 0 saturated carbocycles.